The van der Waals surface area contributed by atoms with Gasteiger partial charge in [-0.25, -0.2) is 4.99 Å². The quantitative estimate of drug-likeness (QED) is 0.403. The molecule has 0 fully saturated rings. The molecule has 22 heavy (non-hydrogen) atoms. The summed E-state index contributed by atoms with van der Waals surface area (Å²) in [7, 11) is 8.08. The van der Waals surface area contributed by atoms with Crippen LogP contribution < -0.4 is 0 Å². The molecule has 0 heterocycles. The highest BCUT2D eigenvalue weighted by Crippen LogP contribution is 2.09. The molecule has 0 N–H and O–H groups in total. The van der Waals surface area contributed by atoms with Crippen LogP contribution in [-0.4, -0.2) is 61.9 Å². The zero-order valence-electron chi connectivity index (χ0n) is 14.8. The number of halogens is 1. The molecule has 0 saturated heterocycles. The van der Waals surface area contributed by atoms with Gasteiger partial charge in [0.1, 0.15) is 0 Å². The Labute approximate surface area is 153 Å². The molecular formula is C17H31IN4. The lowest BCUT2D eigenvalue weighted by atomic mass is 10.1. The van der Waals surface area contributed by atoms with Crippen LogP contribution in [0.1, 0.15) is 25.0 Å². The lowest BCUT2D eigenvalue weighted by Crippen LogP contribution is -2.35. The Kier molecular flexibility index (Phi) is 10.4. The molecule has 5 heteroatoms. The third-order valence-corrected chi connectivity index (χ3v) is 3.53. The summed E-state index contributed by atoms with van der Waals surface area (Å²) in [6, 6.07) is 8.80. The van der Waals surface area contributed by atoms with E-state index in [0.717, 1.165) is 32.1 Å². The van der Waals surface area contributed by atoms with Gasteiger partial charge in [-0.05, 0) is 24.2 Å². The maximum Gasteiger partial charge on any atom is 0.195 e. The first kappa shape index (κ1) is 21.2. The van der Waals surface area contributed by atoms with Crippen LogP contribution in [0, 0.1) is 0 Å². The van der Waals surface area contributed by atoms with Gasteiger partial charge >= 0.3 is 0 Å². The van der Waals surface area contributed by atoms with Gasteiger partial charge < -0.3 is 9.80 Å². The second-order valence-corrected chi connectivity index (χ2v) is 5.68. The smallest absolute Gasteiger partial charge is 0.195 e. The summed E-state index contributed by atoms with van der Waals surface area (Å²) in [5, 5.41) is 0. The minimum absolute atomic E-state index is 0. The van der Waals surface area contributed by atoms with E-state index in [4.69, 9.17) is 0 Å². The first-order chi connectivity index (χ1) is 9.97. The van der Waals surface area contributed by atoms with Crippen molar-refractivity contribution >= 4 is 29.9 Å². The zero-order valence-corrected chi connectivity index (χ0v) is 17.2. The number of hydrogen-bond acceptors (Lipinski definition) is 2. The van der Waals surface area contributed by atoms with E-state index < -0.39 is 0 Å². The van der Waals surface area contributed by atoms with Gasteiger partial charge in [0.25, 0.3) is 0 Å². The number of aliphatic imine (C=N–C) groups is 1. The Morgan fingerprint density at radius 2 is 1.32 bits per heavy atom. The number of nitrogens with zero attached hydrogens (tertiary/aromatic N) is 4. The minimum atomic E-state index is 0. The lowest BCUT2D eigenvalue weighted by Gasteiger charge is -2.22. The van der Waals surface area contributed by atoms with E-state index >= 15 is 0 Å². The molecule has 0 bridgehead atoms. The first-order valence-corrected chi connectivity index (χ1v) is 7.67. The van der Waals surface area contributed by atoms with E-state index in [2.05, 4.69) is 48.0 Å². The monoisotopic (exact) mass is 418 g/mol. The van der Waals surface area contributed by atoms with E-state index in [9.17, 15) is 0 Å². The van der Waals surface area contributed by atoms with Gasteiger partial charge in [0.15, 0.2) is 5.96 Å². The van der Waals surface area contributed by atoms with E-state index in [1.807, 2.05) is 38.0 Å². The summed E-state index contributed by atoms with van der Waals surface area (Å²) < 4.78 is 0. The van der Waals surface area contributed by atoms with Crippen molar-refractivity contribution in [2.75, 3.05) is 41.3 Å². The molecule has 0 aromatic heterocycles. The highest BCUT2D eigenvalue weighted by molar-refractivity contribution is 14.0. The van der Waals surface area contributed by atoms with Crippen molar-refractivity contribution in [2.24, 2.45) is 4.99 Å². The fourth-order valence-electron chi connectivity index (χ4n) is 2.30. The Balaban J connectivity index is 0.00000441. The SMILES string of the molecule is CCN(CC)Cc1ccc(CN=C(N(C)C)N(C)C)cc1.I. The largest absolute Gasteiger partial charge is 0.349 e. The van der Waals surface area contributed by atoms with Crippen molar-refractivity contribution in [3.05, 3.63) is 35.4 Å². The van der Waals surface area contributed by atoms with Crippen LogP contribution in [-0.2, 0) is 13.1 Å². The van der Waals surface area contributed by atoms with E-state index in [0.29, 0.717) is 0 Å². The van der Waals surface area contributed by atoms with Gasteiger partial charge in [-0.3, -0.25) is 4.90 Å². The fourth-order valence-corrected chi connectivity index (χ4v) is 2.30. The average molecular weight is 418 g/mol. The van der Waals surface area contributed by atoms with E-state index in [1.165, 1.54) is 11.1 Å². The van der Waals surface area contributed by atoms with Crippen molar-refractivity contribution < 1.29 is 0 Å². The summed E-state index contributed by atoms with van der Waals surface area (Å²) in [4.78, 5) is 11.2. The molecule has 0 aliphatic heterocycles. The number of hydrogen-bond donors (Lipinski definition) is 0. The van der Waals surface area contributed by atoms with E-state index in [1.54, 1.807) is 0 Å². The van der Waals surface area contributed by atoms with Gasteiger partial charge in [-0.15, -0.1) is 24.0 Å². The highest BCUT2D eigenvalue weighted by Gasteiger charge is 2.04. The summed E-state index contributed by atoms with van der Waals surface area (Å²) in [6.07, 6.45) is 0. The maximum atomic E-state index is 4.67. The summed E-state index contributed by atoms with van der Waals surface area (Å²) in [6.45, 7) is 8.34. The number of rotatable bonds is 6. The molecule has 0 aliphatic carbocycles. The molecule has 126 valence electrons. The highest BCUT2D eigenvalue weighted by atomic mass is 127. The molecule has 0 radical (unpaired) electrons. The Bertz CT molecular complexity index is 426. The van der Waals surface area contributed by atoms with Crippen molar-refractivity contribution in [3.8, 4) is 0 Å². The topological polar surface area (TPSA) is 22.1 Å². The molecule has 0 unspecified atom stereocenters. The Hall–Kier alpha value is -0.820. The predicted octanol–water partition coefficient (Wildman–Crippen LogP) is 3.13. The van der Waals surface area contributed by atoms with Crippen LogP contribution in [0.15, 0.2) is 29.3 Å². The molecule has 0 aliphatic rings. The van der Waals surface area contributed by atoms with Crippen LogP contribution in [0.3, 0.4) is 0 Å². The van der Waals surface area contributed by atoms with E-state index in [-0.39, 0.29) is 24.0 Å². The third-order valence-electron chi connectivity index (χ3n) is 3.53. The molecule has 4 nitrogen and oxygen atoms in total. The normalized spacial score (nSPS) is 10.1. The summed E-state index contributed by atoms with van der Waals surface area (Å²) in [5.41, 5.74) is 2.62. The molecule has 1 rings (SSSR count). The predicted molar refractivity (Wildman–Crippen MR) is 107 cm³/mol. The first-order valence-electron chi connectivity index (χ1n) is 7.67. The standard InChI is InChI=1S/C17H30N4.HI/c1-7-21(8-2)14-16-11-9-15(10-12-16)13-18-17(19(3)4)20(5)6;/h9-12H,7-8,13-14H2,1-6H3;1H. The van der Waals surface area contributed by atoms with Crippen LogP contribution in [0.25, 0.3) is 0 Å². The van der Waals surface area contributed by atoms with Crippen molar-refractivity contribution in [1.82, 2.24) is 14.7 Å². The Morgan fingerprint density at radius 1 is 0.864 bits per heavy atom. The second kappa shape index (κ2) is 10.8. The molecule has 1 aromatic carbocycles. The average Bonchev–Trinajstić information content (AvgIpc) is 2.45. The zero-order chi connectivity index (χ0) is 15.8. The lowest BCUT2D eigenvalue weighted by molar-refractivity contribution is 0.296. The van der Waals surface area contributed by atoms with Gasteiger partial charge in [0.2, 0.25) is 0 Å². The molecule has 1 aromatic rings. The Morgan fingerprint density at radius 3 is 1.73 bits per heavy atom. The molecule has 0 amide bonds. The van der Waals surface area contributed by atoms with Crippen LogP contribution in [0.2, 0.25) is 0 Å². The van der Waals surface area contributed by atoms with Crippen LogP contribution >= 0.6 is 24.0 Å². The van der Waals surface area contributed by atoms with Crippen molar-refractivity contribution in [2.45, 2.75) is 26.9 Å². The van der Waals surface area contributed by atoms with Gasteiger partial charge in [0.05, 0.1) is 6.54 Å². The number of benzene rings is 1. The molecule has 0 spiro atoms. The van der Waals surface area contributed by atoms with Gasteiger partial charge in [-0.1, -0.05) is 38.1 Å². The second-order valence-electron chi connectivity index (χ2n) is 5.68. The van der Waals surface area contributed by atoms with Crippen LogP contribution in [0.4, 0.5) is 0 Å². The van der Waals surface area contributed by atoms with Crippen molar-refractivity contribution in [3.63, 3.8) is 0 Å². The summed E-state index contributed by atoms with van der Waals surface area (Å²) in [5.74, 6) is 0.988. The maximum absolute atomic E-state index is 4.67. The van der Waals surface area contributed by atoms with Gasteiger partial charge in [0, 0.05) is 34.7 Å². The third kappa shape index (κ3) is 6.96. The fraction of sp³-hybridized carbons (Fsp3) is 0.588. The number of guanidine groups is 1. The molecular weight excluding hydrogens is 387 g/mol. The minimum Gasteiger partial charge on any atom is -0.349 e. The van der Waals surface area contributed by atoms with Gasteiger partial charge in [-0.2, -0.15) is 0 Å². The molecule has 0 saturated carbocycles. The summed E-state index contributed by atoms with van der Waals surface area (Å²) >= 11 is 0. The van der Waals surface area contributed by atoms with Crippen molar-refractivity contribution in [1.29, 1.82) is 0 Å². The van der Waals surface area contributed by atoms with Crippen LogP contribution in [0.5, 0.6) is 0 Å². The molecule has 0 atom stereocenters.